The summed E-state index contributed by atoms with van der Waals surface area (Å²) in [5.41, 5.74) is 5.46. The van der Waals surface area contributed by atoms with Crippen LogP contribution in [0.4, 0.5) is 11.4 Å². The number of carbonyl (C=O) groups is 2. The second-order valence-corrected chi connectivity index (χ2v) is 7.28. The predicted octanol–water partition coefficient (Wildman–Crippen LogP) is 4.78. The van der Waals surface area contributed by atoms with Crippen molar-refractivity contribution in [3.63, 3.8) is 0 Å². The summed E-state index contributed by atoms with van der Waals surface area (Å²) in [5, 5.41) is 16.2. The number of rotatable bonds is 7. The monoisotopic (exact) mass is 406 g/mol. The van der Waals surface area contributed by atoms with Crippen molar-refractivity contribution >= 4 is 23.3 Å². The summed E-state index contributed by atoms with van der Waals surface area (Å²) < 4.78 is 5.24. The quantitative estimate of drug-likeness (QED) is 0.574. The first-order valence-corrected chi connectivity index (χ1v) is 9.89. The molecule has 0 radical (unpaired) electrons. The lowest BCUT2D eigenvalue weighted by atomic mass is 9.92. The predicted molar refractivity (Wildman–Crippen MR) is 117 cm³/mol. The van der Waals surface area contributed by atoms with Gasteiger partial charge in [0.2, 0.25) is 0 Å². The minimum absolute atomic E-state index is 0.0888. The Morgan fingerprint density at radius 1 is 0.833 bits per heavy atom. The number of aliphatic carboxylic acids is 1. The second-order valence-electron chi connectivity index (χ2n) is 7.28. The van der Waals surface area contributed by atoms with Crippen LogP contribution in [0.5, 0.6) is 0 Å². The van der Waals surface area contributed by atoms with Gasteiger partial charge in [0.1, 0.15) is 0 Å². The van der Waals surface area contributed by atoms with Crippen LogP contribution >= 0.6 is 0 Å². The summed E-state index contributed by atoms with van der Waals surface area (Å²) in [5.74, 6) is -1.46. The van der Waals surface area contributed by atoms with Gasteiger partial charge in [0, 0.05) is 35.6 Å². The van der Waals surface area contributed by atoms with E-state index in [1.807, 2.05) is 62.4 Å². The number of ether oxygens (including phenoxy) is 1. The summed E-state index contributed by atoms with van der Waals surface area (Å²) in [6, 6.07) is 15.4. The van der Waals surface area contributed by atoms with E-state index in [0.717, 1.165) is 22.5 Å². The van der Waals surface area contributed by atoms with Gasteiger partial charge in [-0.15, -0.1) is 0 Å². The number of carbonyl (C=O) groups excluding carboxylic acids is 1. The van der Waals surface area contributed by atoms with Crippen LogP contribution in [0, 0.1) is 13.8 Å². The van der Waals surface area contributed by atoms with Crippen molar-refractivity contribution in [1.29, 1.82) is 0 Å². The third kappa shape index (κ3) is 5.08. The smallest absolute Gasteiger partial charge is 0.336 e. The van der Waals surface area contributed by atoms with Gasteiger partial charge < -0.3 is 20.5 Å². The lowest BCUT2D eigenvalue weighted by Crippen LogP contribution is -2.24. The maximum Gasteiger partial charge on any atom is 0.336 e. The van der Waals surface area contributed by atoms with Crippen molar-refractivity contribution in [2.75, 3.05) is 17.2 Å². The topological polar surface area (TPSA) is 87.7 Å². The lowest BCUT2D eigenvalue weighted by molar-refractivity contribution is -0.139. The molecule has 2 aromatic carbocycles. The average molecular weight is 406 g/mol. The Hall–Kier alpha value is -3.54. The van der Waals surface area contributed by atoms with Crippen LogP contribution in [0.15, 0.2) is 71.1 Å². The molecule has 3 N–H and O–H groups in total. The molecule has 0 heterocycles. The Labute approximate surface area is 176 Å². The summed E-state index contributed by atoms with van der Waals surface area (Å²) in [7, 11) is 0. The number of carboxylic acid groups (broad SMARTS) is 1. The molecule has 2 aromatic rings. The first-order valence-electron chi connectivity index (χ1n) is 9.89. The summed E-state index contributed by atoms with van der Waals surface area (Å²) in [6.07, 6.45) is 0.230. The molecule has 0 spiro atoms. The summed E-state index contributed by atoms with van der Waals surface area (Å²) >= 11 is 0. The molecule has 0 bridgehead atoms. The molecule has 0 amide bonds. The van der Waals surface area contributed by atoms with E-state index in [0.29, 0.717) is 17.0 Å². The van der Waals surface area contributed by atoms with Gasteiger partial charge in [-0.1, -0.05) is 35.4 Å². The van der Waals surface area contributed by atoms with Crippen LogP contribution < -0.4 is 10.6 Å². The summed E-state index contributed by atoms with van der Waals surface area (Å²) in [4.78, 5) is 24.6. The van der Waals surface area contributed by atoms with Crippen LogP contribution in [0.1, 0.15) is 30.9 Å². The maximum atomic E-state index is 12.7. The molecule has 6 nitrogen and oxygen atoms in total. The number of carboxylic acids is 1. The van der Waals surface area contributed by atoms with E-state index < -0.39 is 11.9 Å². The Bertz CT molecular complexity index is 1000. The highest BCUT2D eigenvalue weighted by molar-refractivity contribution is 5.95. The van der Waals surface area contributed by atoms with Crippen LogP contribution in [0.25, 0.3) is 0 Å². The van der Waals surface area contributed by atoms with Crippen LogP contribution in [0.2, 0.25) is 0 Å². The zero-order chi connectivity index (χ0) is 21.7. The standard InChI is InChI=1S/C24H26N2O4/c1-4-30-24(29)20-14-21(25-17-9-5-15(2)6-10-17)19(23(27)28)13-22(20)26-18-11-7-16(3)8-12-18/h5-12,25-26H,4,13-14H2,1-3H3,(H,27,28). The molecule has 0 aromatic heterocycles. The Morgan fingerprint density at radius 3 is 1.70 bits per heavy atom. The van der Waals surface area contributed by atoms with Crippen LogP contribution in [-0.2, 0) is 14.3 Å². The number of allylic oxidation sites excluding steroid dienone is 2. The van der Waals surface area contributed by atoms with E-state index in [1.165, 1.54) is 0 Å². The summed E-state index contributed by atoms with van der Waals surface area (Å²) in [6.45, 7) is 5.97. The molecule has 30 heavy (non-hydrogen) atoms. The van der Waals surface area contributed by atoms with Gasteiger partial charge in [0.15, 0.2) is 0 Å². The fourth-order valence-electron chi connectivity index (χ4n) is 3.26. The number of nitrogens with one attached hydrogen (secondary N) is 2. The minimum atomic E-state index is -1.02. The highest BCUT2D eigenvalue weighted by Gasteiger charge is 2.29. The van der Waals surface area contributed by atoms with Gasteiger partial charge in [-0.3, -0.25) is 0 Å². The minimum Gasteiger partial charge on any atom is -0.478 e. The number of hydrogen-bond acceptors (Lipinski definition) is 5. The molecule has 3 rings (SSSR count). The third-order valence-electron chi connectivity index (χ3n) is 4.91. The van der Waals surface area contributed by atoms with Gasteiger partial charge in [0.05, 0.1) is 17.8 Å². The van der Waals surface area contributed by atoms with Gasteiger partial charge in [0.25, 0.3) is 0 Å². The number of esters is 1. The lowest BCUT2D eigenvalue weighted by Gasteiger charge is -2.25. The first-order chi connectivity index (χ1) is 14.4. The SMILES string of the molecule is CCOC(=O)C1=C(Nc2ccc(C)cc2)CC(C(=O)O)=C(Nc2ccc(C)cc2)C1. The van der Waals surface area contributed by atoms with E-state index in [1.54, 1.807) is 6.92 Å². The maximum absolute atomic E-state index is 12.7. The van der Waals surface area contributed by atoms with E-state index in [4.69, 9.17) is 4.74 Å². The van der Waals surface area contributed by atoms with Gasteiger partial charge in [-0.2, -0.15) is 0 Å². The highest BCUT2D eigenvalue weighted by atomic mass is 16.5. The second kappa shape index (κ2) is 9.31. The number of aryl methyl sites for hydroxylation is 2. The number of anilines is 2. The molecule has 0 aliphatic heterocycles. The Morgan fingerprint density at radius 2 is 1.27 bits per heavy atom. The Balaban J connectivity index is 1.94. The molecule has 156 valence electrons. The van der Waals surface area contributed by atoms with E-state index >= 15 is 0 Å². The molecule has 0 saturated carbocycles. The molecular weight excluding hydrogens is 380 g/mol. The molecular formula is C24H26N2O4. The Kier molecular flexibility index (Phi) is 6.57. The molecule has 1 aliphatic carbocycles. The first kappa shape index (κ1) is 21.2. The zero-order valence-corrected chi connectivity index (χ0v) is 17.4. The molecule has 0 fully saturated rings. The molecule has 0 atom stereocenters. The van der Waals surface area contributed by atoms with Crippen LogP contribution in [-0.4, -0.2) is 23.7 Å². The zero-order valence-electron chi connectivity index (χ0n) is 17.4. The molecule has 6 heteroatoms. The highest BCUT2D eigenvalue weighted by Crippen LogP contribution is 2.33. The fourth-order valence-corrected chi connectivity index (χ4v) is 3.26. The molecule has 0 saturated heterocycles. The normalized spacial score (nSPS) is 13.8. The van der Waals surface area contributed by atoms with Crippen molar-refractivity contribution in [3.8, 4) is 0 Å². The van der Waals surface area contributed by atoms with Crippen molar-refractivity contribution in [2.24, 2.45) is 0 Å². The van der Waals surface area contributed by atoms with E-state index in [-0.39, 0.29) is 25.0 Å². The van der Waals surface area contributed by atoms with Gasteiger partial charge in [-0.25, -0.2) is 9.59 Å². The van der Waals surface area contributed by atoms with Crippen molar-refractivity contribution in [1.82, 2.24) is 0 Å². The van der Waals surface area contributed by atoms with E-state index in [2.05, 4.69) is 10.6 Å². The van der Waals surface area contributed by atoms with Crippen molar-refractivity contribution in [3.05, 3.63) is 82.2 Å². The largest absolute Gasteiger partial charge is 0.478 e. The van der Waals surface area contributed by atoms with Crippen LogP contribution in [0.3, 0.4) is 0 Å². The number of benzene rings is 2. The van der Waals surface area contributed by atoms with Crippen molar-refractivity contribution in [2.45, 2.75) is 33.6 Å². The molecule has 1 aliphatic rings. The van der Waals surface area contributed by atoms with E-state index in [9.17, 15) is 14.7 Å². The number of hydrogen-bond donors (Lipinski definition) is 3. The van der Waals surface area contributed by atoms with Crippen molar-refractivity contribution < 1.29 is 19.4 Å². The average Bonchev–Trinajstić information content (AvgIpc) is 2.72. The fraction of sp³-hybridized carbons (Fsp3) is 0.250. The third-order valence-corrected chi connectivity index (χ3v) is 4.91. The van der Waals surface area contributed by atoms with Gasteiger partial charge >= 0.3 is 11.9 Å². The molecule has 0 unspecified atom stereocenters. The van der Waals surface area contributed by atoms with Gasteiger partial charge in [-0.05, 0) is 45.0 Å².